The van der Waals surface area contributed by atoms with Crippen molar-refractivity contribution in [1.82, 2.24) is 15.1 Å². The predicted molar refractivity (Wildman–Crippen MR) is 108 cm³/mol. The van der Waals surface area contributed by atoms with Crippen molar-refractivity contribution in [3.05, 3.63) is 76.6 Å². The van der Waals surface area contributed by atoms with Gasteiger partial charge in [-0.2, -0.15) is 5.10 Å². The number of carbonyl (C=O) groups is 2. The van der Waals surface area contributed by atoms with Crippen LogP contribution >= 0.6 is 11.6 Å². The third-order valence-electron chi connectivity index (χ3n) is 4.19. The van der Waals surface area contributed by atoms with Crippen LogP contribution in [-0.2, 0) is 16.1 Å². The molecule has 8 heteroatoms. The van der Waals surface area contributed by atoms with E-state index in [-0.39, 0.29) is 10.7 Å². The van der Waals surface area contributed by atoms with E-state index >= 15 is 0 Å². The molecule has 0 saturated heterocycles. The van der Waals surface area contributed by atoms with Gasteiger partial charge >= 0.3 is 5.97 Å². The molecule has 7 nitrogen and oxygen atoms in total. The number of benzene rings is 2. The summed E-state index contributed by atoms with van der Waals surface area (Å²) in [7, 11) is 1.59. The Kier molecular flexibility index (Phi) is 6.51. The maximum absolute atomic E-state index is 12.4. The van der Waals surface area contributed by atoms with Gasteiger partial charge in [0.1, 0.15) is 16.5 Å². The van der Waals surface area contributed by atoms with Gasteiger partial charge in [0.2, 0.25) is 0 Å². The van der Waals surface area contributed by atoms with E-state index in [4.69, 9.17) is 21.1 Å². The summed E-state index contributed by atoms with van der Waals surface area (Å²) in [6, 6.07) is 16.5. The van der Waals surface area contributed by atoms with Crippen molar-refractivity contribution in [2.45, 2.75) is 13.5 Å². The predicted octanol–water partition coefficient (Wildman–Crippen LogP) is 3.32. The molecule has 1 amide bonds. The average Bonchev–Trinajstić information content (AvgIpc) is 3.05. The minimum absolute atomic E-state index is 0.136. The minimum Gasteiger partial charge on any atom is -0.497 e. The normalized spacial score (nSPS) is 10.4. The van der Waals surface area contributed by atoms with E-state index in [1.54, 1.807) is 26.2 Å². The van der Waals surface area contributed by atoms with E-state index in [0.717, 1.165) is 17.0 Å². The molecule has 0 bridgehead atoms. The maximum Gasteiger partial charge on any atom is 0.343 e. The van der Waals surface area contributed by atoms with Crippen LogP contribution in [0, 0.1) is 6.92 Å². The summed E-state index contributed by atoms with van der Waals surface area (Å²) in [5.74, 6) is -0.384. The van der Waals surface area contributed by atoms with E-state index in [2.05, 4.69) is 10.4 Å². The molecule has 0 saturated carbocycles. The van der Waals surface area contributed by atoms with Crippen LogP contribution < -0.4 is 10.1 Å². The summed E-state index contributed by atoms with van der Waals surface area (Å²) < 4.78 is 11.7. The topological polar surface area (TPSA) is 82.4 Å². The Morgan fingerprint density at radius 3 is 2.45 bits per heavy atom. The number of rotatable bonds is 7. The lowest BCUT2D eigenvalue weighted by Crippen LogP contribution is -2.28. The van der Waals surface area contributed by atoms with Crippen LogP contribution in [0.1, 0.15) is 21.6 Å². The van der Waals surface area contributed by atoms with Crippen LogP contribution in [0.15, 0.2) is 54.6 Å². The first-order valence-electron chi connectivity index (χ1n) is 8.87. The SMILES string of the molecule is COc1ccc(CNC(=O)COC(=O)c2c(C)nn(-c3ccccc3)c2Cl)cc1. The highest BCUT2D eigenvalue weighted by Crippen LogP contribution is 2.24. The number of para-hydroxylation sites is 1. The molecule has 3 rings (SSSR count). The molecule has 3 aromatic rings. The number of hydrogen-bond acceptors (Lipinski definition) is 5. The number of aromatic nitrogens is 2. The Balaban J connectivity index is 1.57. The molecule has 1 N–H and O–H groups in total. The molecule has 29 heavy (non-hydrogen) atoms. The molecular formula is C21H20ClN3O4. The Labute approximate surface area is 173 Å². The van der Waals surface area contributed by atoms with Gasteiger partial charge in [0, 0.05) is 6.54 Å². The van der Waals surface area contributed by atoms with Crippen molar-refractivity contribution < 1.29 is 19.1 Å². The fourth-order valence-electron chi connectivity index (χ4n) is 2.67. The first-order valence-corrected chi connectivity index (χ1v) is 9.24. The maximum atomic E-state index is 12.4. The van der Waals surface area contributed by atoms with Gasteiger partial charge in [-0.1, -0.05) is 41.9 Å². The van der Waals surface area contributed by atoms with Gasteiger partial charge in [0.15, 0.2) is 6.61 Å². The van der Waals surface area contributed by atoms with Crippen molar-refractivity contribution >= 4 is 23.5 Å². The number of carbonyl (C=O) groups excluding carboxylic acids is 2. The molecule has 1 aromatic heterocycles. The number of amides is 1. The summed E-state index contributed by atoms with van der Waals surface area (Å²) in [4.78, 5) is 24.4. The molecule has 0 radical (unpaired) electrons. The van der Waals surface area contributed by atoms with E-state index in [0.29, 0.717) is 12.2 Å². The zero-order valence-electron chi connectivity index (χ0n) is 16.0. The number of ether oxygens (including phenoxy) is 2. The van der Waals surface area contributed by atoms with Crippen LogP contribution in [-0.4, -0.2) is 35.4 Å². The number of nitrogens with zero attached hydrogens (tertiary/aromatic N) is 2. The molecule has 0 atom stereocenters. The number of aryl methyl sites for hydroxylation is 1. The molecule has 0 aliphatic heterocycles. The summed E-state index contributed by atoms with van der Waals surface area (Å²) in [5, 5.41) is 7.12. The van der Waals surface area contributed by atoms with Crippen molar-refractivity contribution in [2.24, 2.45) is 0 Å². The molecule has 0 spiro atoms. The lowest BCUT2D eigenvalue weighted by atomic mass is 10.2. The van der Waals surface area contributed by atoms with Crippen molar-refractivity contribution in [1.29, 1.82) is 0 Å². The van der Waals surface area contributed by atoms with Gasteiger partial charge in [-0.05, 0) is 36.8 Å². The second-order valence-corrected chi connectivity index (χ2v) is 6.56. The number of nitrogens with one attached hydrogen (secondary N) is 1. The van der Waals surface area contributed by atoms with E-state index in [1.165, 1.54) is 4.68 Å². The average molecular weight is 414 g/mol. The Bertz CT molecular complexity index is 1000. The molecular weight excluding hydrogens is 394 g/mol. The van der Waals surface area contributed by atoms with Crippen LogP contribution in [0.25, 0.3) is 5.69 Å². The van der Waals surface area contributed by atoms with Gasteiger partial charge in [-0.3, -0.25) is 4.79 Å². The van der Waals surface area contributed by atoms with Crippen molar-refractivity contribution in [3.63, 3.8) is 0 Å². The first-order chi connectivity index (χ1) is 14.0. The minimum atomic E-state index is -0.700. The Morgan fingerprint density at radius 1 is 1.10 bits per heavy atom. The highest BCUT2D eigenvalue weighted by molar-refractivity contribution is 6.33. The van der Waals surface area contributed by atoms with Crippen molar-refractivity contribution in [3.8, 4) is 11.4 Å². The lowest BCUT2D eigenvalue weighted by molar-refractivity contribution is -0.124. The van der Waals surface area contributed by atoms with Crippen LogP contribution in [0.3, 0.4) is 0 Å². The Morgan fingerprint density at radius 2 is 1.79 bits per heavy atom. The number of halogens is 1. The van der Waals surface area contributed by atoms with Crippen LogP contribution in [0.2, 0.25) is 5.15 Å². The highest BCUT2D eigenvalue weighted by atomic mass is 35.5. The Hall–Kier alpha value is -3.32. The van der Waals surface area contributed by atoms with Crippen LogP contribution in [0.5, 0.6) is 5.75 Å². The van der Waals surface area contributed by atoms with E-state index in [9.17, 15) is 9.59 Å². The van der Waals surface area contributed by atoms with E-state index < -0.39 is 18.5 Å². The van der Waals surface area contributed by atoms with E-state index in [1.807, 2.05) is 42.5 Å². The molecule has 0 aliphatic rings. The molecule has 0 fully saturated rings. The molecule has 2 aromatic carbocycles. The molecule has 0 aliphatic carbocycles. The summed E-state index contributed by atoms with van der Waals surface area (Å²) in [5.41, 5.74) is 2.17. The quantitative estimate of drug-likeness (QED) is 0.601. The van der Waals surface area contributed by atoms with Gasteiger partial charge in [-0.25, -0.2) is 9.48 Å². The van der Waals surface area contributed by atoms with Crippen molar-refractivity contribution in [2.75, 3.05) is 13.7 Å². The third kappa shape index (κ3) is 4.94. The van der Waals surface area contributed by atoms with Crippen LogP contribution in [0.4, 0.5) is 0 Å². The van der Waals surface area contributed by atoms with Gasteiger partial charge < -0.3 is 14.8 Å². The van der Waals surface area contributed by atoms with Gasteiger partial charge in [0.05, 0.1) is 18.5 Å². The third-order valence-corrected chi connectivity index (χ3v) is 4.54. The monoisotopic (exact) mass is 413 g/mol. The molecule has 150 valence electrons. The fourth-order valence-corrected chi connectivity index (χ4v) is 3.02. The highest BCUT2D eigenvalue weighted by Gasteiger charge is 2.23. The second kappa shape index (κ2) is 9.25. The largest absolute Gasteiger partial charge is 0.497 e. The molecule has 0 unspecified atom stereocenters. The van der Waals surface area contributed by atoms with Gasteiger partial charge in [0.25, 0.3) is 5.91 Å². The van der Waals surface area contributed by atoms with Gasteiger partial charge in [-0.15, -0.1) is 0 Å². The summed E-state index contributed by atoms with van der Waals surface area (Å²) in [6.07, 6.45) is 0. The zero-order chi connectivity index (χ0) is 20.8. The lowest BCUT2D eigenvalue weighted by Gasteiger charge is -2.07. The number of hydrogen-bond donors (Lipinski definition) is 1. The standard InChI is InChI=1S/C21H20ClN3O4/c1-14-19(20(22)25(24-14)16-6-4-3-5-7-16)21(27)29-13-18(26)23-12-15-8-10-17(28-2)11-9-15/h3-11H,12-13H2,1-2H3,(H,23,26). The first kappa shape index (κ1) is 20.4. The number of methoxy groups -OCH3 is 1. The zero-order valence-corrected chi connectivity index (χ0v) is 16.8. The fraction of sp³-hybridized carbons (Fsp3) is 0.190. The number of esters is 1. The smallest absolute Gasteiger partial charge is 0.343 e. The summed E-state index contributed by atoms with van der Waals surface area (Å²) in [6.45, 7) is 1.55. The molecule has 1 heterocycles. The second-order valence-electron chi connectivity index (χ2n) is 6.20. The summed E-state index contributed by atoms with van der Waals surface area (Å²) >= 11 is 6.33.